The van der Waals surface area contributed by atoms with Crippen molar-refractivity contribution in [2.45, 2.75) is 45.1 Å². The second kappa shape index (κ2) is 9.08. The molecule has 0 amide bonds. The van der Waals surface area contributed by atoms with Gasteiger partial charge in [-0.1, -0.05) is 19.3 Å². The summed E-state index contributed by atoms with van der Waals surface area (Å²) in [5, 5.41) is 6.76. The van der Waals surface area contributed by atoms with Gasteiger partial charge in [-0.2, -0.15) is 5.10 Å². The van der Waals surface area contributed by atoms with Gasteiger partial charge in [-0.3, -0.25) is 4.99 Å². The number of nitrogens with zero attached hydrogens (tertiary/aromatic N) is 3. The number of methoxy groups -OCH3 is 3. The number of rotatable bonds is 6. The van der Waals surface area contributed by atoms with E-state index in [0.717, 1.165) is 16.1 Å². The zero-order valence-electron chi connectivity index (χ0n) is 16.4. The van der Waals surface area contributed by atoms with Gasteiger partial charge in [0.05, 0.1) is 39.3 Å². The molecule has 1 aliphatic carbocycles. The Morgan fingerprint density at radius 3 is 2.30 bits per heavy atom. The lowest BCUT2D eigenvalue weighted by atomic mass is 9.96. The molecular formula is C20H27N3O3S. The molecule has 0 unspecified atom stereocenters. The van der Waals surface area contributed by atoms with E-state index >= 15 is 0 Å². The lowest BCUT2D eigenvalue weighted by Crippen LogP contribution is -2.19. The molecule has 1 fully saturated rings. The Hall–Kier alpha value is -2.28. The predicted octanol–water partition coefficient (Wildman–Crippen LogP) is 4.00. The van der Waals surface area contributed by atoms with E-state index in [4.69, 9.17) is 19.2 Å². The SMILES string of the molecule is COc1cc(C=Nn2c(C)csc2=NC2CCCCC2)cc(OC)c1OC. The molecule has 0 N–H and O–H groups in total. The van der Waals surface area contributed by atoms with Gasteiger partial charge in [-0.15, -0.1) is 11.3 Å². The molecule has 1 aliphatic rings. The van der Waals surface area contributed by atoms with Crippen molar-refractivity contribution >= 4 is 17.6 Å². The van der Waals surface area contributed by atoms with Crippen molar-refractivity contribution in [1.29, 1.82) is 0 Å². The standard InChI is InChI=1S/C20H27N3O3S/c1-14-13-27-20(22-16-8-6-5-7-9-16)23(14)21-12-15-10-17(24-2)19(26-4)18(11-15)25-3/h10-13,16H,5-9H2,1-4H3. The molecule has 0 radical (unpaired) electrons. The van der Waals surface area contributed by atoms with E-state index in [0.29, 0.717) is 23.3 Å². The van der Waals surface area contributed by atoms with Gasteiger partial charge in [-0.05, 0) is 31.9 Å². The Bertz CT molecular complexity index is 839. The molecule has 0 saturated heterocycles. The summed E-state index contributed by atoms with van der Waals surface area (Å²) in [5.41, 5.74) is 1.93. The Labute approximate surface area is 164 Å². The van der Waals surface area contributed by atoms with Crippen LogP contribution in [0.15, 0.2) is 27.6 Å². The average molecular weight is 390 g/mol. The zero-order chi connectivity index (χ0) is 19.2. The Morgan fingerprint density at radius 2 is 1.70 bits per heavy atom. The van der Waals surface area contributed by atoms with Crippen LogP contribution >= 0.6 is 11.3 Å². The van der Waals surface area contributed by atoms with Gasteiger partial charge < -0.3 is 14.2 Å². The number of ether oxygens (including phenoxy) is 3. The molecule has 146 valence electrons. The lowest BCUT2D eigenvalue weighted by molar-refractivity contribution is 0.324. The Balaban J connectivity index is 1.92. The van der Waals surface area contributed by atoms with E-state index in [2.05, 4.69) is 10.5 Å². The molecule has 1 aromatic heterocycles. The predicted molar refractivity (Wildman–Crippen MR) is 109 cm³/mol. The van der Waals surface area contributed by atoms with Gasteiger partial charge in [0.25, 0.3) is 0 Å². The van der Waals surface area contributed by atoms with E-state index in [1.807, 2.05) is 23.7 Å². The lowest BCUT2D eigenvalue weighted by Gasteiger charge is -2.16. The average Bonchev–Trinajstić information content (AvgIpc) is 3.05. The molecule has 0 atom stereocenters. The third-order valence-electron chi connectivity index (χ3n) is 4.73. The summed E-state index contributed by atoms with van der Waals surface area (Å²) in [6, 6.07) is 4.18. The van der Waals surface area contributed by atoms with Gasteiger partial charge in [0.2, 0.25) is 10.6 Å². The maximum atomic E-state index is 5.41. The summed E-state index contributed by atoms with van der Waals surface area (Å²) in [7, 11) is 4.81. The van der Waals surface area contributed by atoms with Crippen LogP contribution in [-0.2, 0) is 0 Å². The second-order valence-electron chi connectivity index (χ2n) is 6.60. The third kappa shape index (κ3) is 4.53. The quantitative estimate of drug-likeness (QED) is 0.702. The molecular weight excluding hydrogens is 362 g/mol. The number of hydrogen-bond donors (Lipinski definition) is 0. The van der Waals surface area contributed by atoms with Gasteiger partial charge in [-0.25, -0.2) is 4.68 Å². The van der Waals surface area contributed by atoms with Crippen LogP contribution in [0.2, 0.25) is 0 Å². The van der Waals surface area contributed by atoms with Crippen molar-refractivity contribution in [3.8, 4) is 17.2 Å². The fraction of sp³-hybridized carbons (Fsp3) is 0.500. The van der Waals surface area contributed by atoms with Crippen molar-refractivity contribution in [2.24, 2.45) is 10.1 Å². The minimum absolute atomic E-state index is 0.416. The fourth-order valence-corrected chi connectivity index (χ4v) is 4.16. The summed E-state index contributed by atoms with van der Waals surface area (Å²) in [4.78, 5) is 5.89. The first-order valence-electron chi connectivity index (χ1n) is 9.21. The van der Waals surface area contributed by atoms with Crippen molar-refractivity contribution in [2.75, 3.05) is 21.3 Å². The van der Waals surface area contributed by atoms with E-state index in [-0.39, 0.29) is 0 Å². The van der Waals surface area contributed by atoms with E-state index in [9.17, 15) is 0 Å². The summed E-state index contributed by atoms with van der Waals surface area (Å²) in [5.74, 6) is 1.79. The maximum absolute atomic E-state index is 5.41. The summed E-state index contributed by atoms with van der Waals surface area (Å²) in [6.07, 6.45) is 8.01. The molecule has 1 saturated carbocycles. The Kier molecular flexibility index (Phi) is 6.55. The molecule has 6 nitrogen and oxygen atoms in total. The maximum Gasteiger partial charge on any atom is 0.206 e. The fourth-order valence-electron chi connectivity index (χ4n) is 3.28. The first-order chi connectivity index (χ1) is 13.2. The highest BCUT2D eigenvalue weighted by Crippen LogP contribution is 2.37. The van der Waals surface area contributed by atoms with E-state index in [1.165, 1.54) is 32.1 Å². The molecule has 7 heteroatoms. The van der Waals surface area contributed by atoms with E-state index in [1.54, 1.807) is 38.9 Å². The number of aryl methyl sites for hydroxylation is 1. The van der Waals surface area contributed by atoms with Crippen molar-refractivity contribution < 1.29 is 14.2 Å². The van der Waals surface area contributed by atoms with Gasteiger partial charge in [0.15, 0.2) is 11.5 Å². The monoisotopic (exact) mass is 389 g/mol. The van der Waals surface area contributed by atoms with Crippen LogP contribution < -0.4 is 19.0 Å². The molecule has 2 aromatic rings. The number of thiazole rings is 1. The summed E-state index contributed by atoms with van der Waals surface area (Å²) in [6.45, 7) is 2.04. The van der Waals surface area contributed by atoms with Crippen molar-refractivity contribution in [1.82, 2.24) is 4.68 Å². The second-order valence-corrected chi connectivity index (χ2v) is 7.43. The summed E-state index contributed by atoms with van der Waals surface area (Å²) >= 11 is 1.64. The van der Waals surface area contributed by atoms with Crippen LogP contribution in [0, 0.1) is 6.92 Å². The Morgan fingerprint density at radius 1 is 1.04 bits per heavy atom. The molecule has 0 bridgehead atoms. The molecule has 3 rings (SSSR count). The highest BCUT2D eigenvalue weighted by Gasteiger charge is 2.14. The minimum atomic E-state index is 0.416. The largest absolute Gasteiger partial charge is 0.493 e. The summed E-state index contributed by atoms with van der Waals surface area (Å²) < 4.78 is 18.1. The highest BCUT2D eigenvalue weighted by atomic mass is 32.1. The van der Waals surface area contributed by atoms with Crippen molar-refractivity contribution in [3.05, 3.63) is 33.6 Å². The molecule has 27 heavy (non-hydrogen) atoms. The number of hydrogen-bond acceptors (Lipinski definition) is 6. The minimum Gasteiger partial charge on any atom is -0.493 e. The van der Waals surface area contributed by atoms with Crippen LogP contribution in [0.4, 0.5) is 0 Å². The van der Waals surface area contributed by atoms with Crippen LogP contribution in [0.25, 0.3) is 0 Å². The van der Waals surface area contributed by atoms with Crippen LogP contribution in [-0.4, -0.2) is 38.3 Å². The van der Waals surface area contributed by atoms with Gasteiger partial charge in [0, 0.05) is 10.9 Å². The van der Waals surface area contributed by atoms with Crippen LogP contribution in [0.1, 0.15) is 43.4 Å². The number of aromatic nitrogens is 1. The topological polar surface area (TPSA) is 57.3 Å². The molecule has 1 aromatic carbocycles. The molecule has 1 heterocycles. The van der Waals surface area contributed by atoms with E-state index < -0.39 is 0 Å². The smallest absolute Gasteiger partial charge is 0.206 e. The zero-order valence-corrected chi connectivity index (χ0v) is 17.2. The third-order valence-corrected chi connectivity index (χ3v) is 5.68. The normalized spacial score (nSPS) is 16.1. The van der Waals surface area contributed by atoms with Crippen LogP contribution in [0.5, 0.6) is 17.2 Å². The van der Waals surface area contributed by atoms with Gasteiger partial charge >= 0.3 is 0 Å². The molecule has 0 spiro atoms. The first kappa shape index (κ1) is 19.5. The first-order valence-corrected chi connectivity index (χ1v) is 10.1. The van der Waals surface area contributed by atoms with Gasteiger partial charge in [0.1, 0.15) is 0 Å². The van der Waals surface area contributed by atoms with Crippen molar-refractivity contribution in [3.63, 3.8) is 0 Å². The molecule has 0 aliphatic heterocycles. The number of benzene rings is 1. The highest BCUT2D eigenvalue weighted by molar-refractivity contribution is 7.07. The van der Waals surface area contributed by atoms with Crippen LogP contribution in [0.3, 0.4) is 0 Å².